The van der Waals surface area contributed by atoms with E-state index in [0.717, 1.165) is 17.8 Å². The molecule has 0 spiro atoms. The van der Waals surface area contributed by atoms with Gasteiger partial charge >= 0.3 is 0 Å². The molecule has 106 valence electrons. The third kappa shape index (κ3) is 2.42. The molecule has 0 radical (unpaired) electrons. The minimum Gasteiger partial charge on any atom is -0.289 e. The van der Waals surface area contributed by atoms with Crippen molar-refractivity contribution in [3.8, 4) is 0 Å². The van der Waals surface area contributed by atoms with Crippen LogP contribution in [0.25, 0.3) is 11.0 Å². The minimum atomic E-state index is -0.116. The summed E-state index contributed by atoms with van der Waals surface area (Å²) in [7, 11) is 0. The van der Waals surface area contributed by atoms with Gasteiger partial charge in [0.1, 0.15) is 6.33 Å². The van der Waals surface area contributed by atoms with Crippen LogP contribution < -0.4 is 5.56 Å². The number of fused-ring (bicyclic) bond motifs is 1. The number of rotatable bonds is 3. The summed E-state index contributed by atoms with van der Waals surface area (Å²) in [6, 6.07) is 9.24. The van der Waals surface area contributed by atoms with E-state index in [0.29, 0.717) is 11.0 Å². The molecule has 0 amide bonds. The van der Waals surface area contributed by atoms with Crippen LogP contribution in [0.1, 0.15) is 30.8 Å². The molecule has 21 heavy (non-hydrogen) atoms. The Morgan fingerprint density at radius 3 is 2.81 bits per heavy atom. The second kappa shape index (κ2) is 5.44. The van der Waals surface area contributed by atoms with Gasteiger partial charge in [0.2, 0.25) is 0 Å². The monoisotopic (exact) mass is 280 g/mol. The van der Waals surface area contributed by atoms with Crippen molar-refractivity contribution >= 4 is 11.0 Å². The van der Waals surface area contributed by atoms with Gasteiger partial charge < -0.3 is 0 Å². The number of aryl methyl sites for hydroxylation is 1. The van der Waals surface area contributed by atoms with Gasteiger partial charge in [-0.3, -0.25) is 14.3 Å². The van der Waals surface area contributed by atoms with Crippen LogP contribution in [0.5, 0.6) is 0 Å². The van der Waals surface area contributed by atoms with Crippen LogP contribution in [0.2, 0.25) is 0 Å². The van der Waals surface area contributed by atoms with Crippen molar-refractivity contribution in [1.29, 1.82) is 0 Å². The quantitative estimate of drug-likeness (QED) is 0.739. The van der Waals surface area contributed by atoms with Crippen molar-refractivity contribution in [2.24, 2.45) is 0 Å². The molecule has 0 aliphatic heterocycles. The molecule has 0 bridgehead atoms. The number of aromatic nitrogens is 4. The molecular weight excluding hydrogens is 264 g/mol. The van der Waals surface area contributed by atoms with Crippen LogP contribution >= 0.6 is 0 Å². The largest absolute Gasteiger partial charge is 0.289 e. The molecule has 0 saturated heterocycles. The predicted octanol–water partition coefficient (Wildman–Crippen LogP) is 2.49. The fourth-order valence-corrected chi connectivity index (χ4v) is 2.50. The standard InChI is InChI=1S/C16H16N4O/c1-3-14(13-8-4-6-11(2)19-13)20-10-18-15-12(16(20)21)7-5-9-17-15/h4-10,14H,3H2,1-2H3/t14-/m1/s1. The highest BCUT2D eigenvalue weighted by atomic mass is 16.1. The first-order chi connectivity index (χ1) is 10.2. The van der Waals surface area contributed by atoms with E-state index in [1.165, 1.54) is 0 Å². The maximum absolute atomic E-state index is 12.6. The smallest absolute Gasteiger partial charge is 0.263 e. The molecule has 0 saturated carbocycles. The Hall–Kier alpha value is -2.56. The molecule has 5 heteroatoms. The second-order valence-corrected chi connectivity index (χ2v) is 4.96. The molecule has 3 heterocycles. The number of hydrogen-bond donors (Lipinski definition) is 0. The van der Waals surface area contributed by atoms with E-state index in [9.17, 15) is 4.79 Å². The molecule has 3 aromatic heterocycles. The molecule has 3 rings (SSSR count). The molecule has 1 atom stereocenters. The van der Waals surface area contributed by atoms with Crippen LogP contribution in [0, 0.1) is 6.92 Å². The summed E-state index contributed by atoms with van der Waals surface area (Å²) >= 11 is 0. The first kappa shape index (κ1) is 13.4. The van der Waals surface area contributed by atoms with Crippen molar-refractivity contribution in [1.82, 2.24) is 19.5 Å². The van der Waals surface area contributed by atoms with E-state index in [-0.39, 0.29) is 11.6 Å². The topological polar surface area (TPSA) is 60.7 Å². The first-order valence-electron chi connectivity index (χ1n) is 6.96. The van der Waals surface area contributed by atoms with Gasteiger partial charge in [-0.2, -0.15) is 0 Å². The van der Waals surface area contributed by atoms with E-state index in [1.807, 2.05) is 32.0 Å². The molecular formula is C16H16N4O. The van der Waals surface area contributed by atoms with Crippen molar-refractivity contribution in [2.75, 3.05) is 0 Å². The van der Waals surface area contributed by atoms with E-state index < -0.39 is 0 Å². The lowest BCUT2D eigenvalue weighted by Gasteiger charge is -2.18. The lowest BCUT2D eigenvalue weighted by molar-refractivity contribution is 0.530. The van der Waals surface area contributed by atoms with Gasteiger partial charge in [-0.05, 0) is 37.6 Å². The van der Waals surface area contributed by atoms with Crippen LogP contribution in [0.4, 0.5) is 0 Å². The summed E-state index contributed by atoms with van der Waals surface area (Å²) in [5.74, 6) is 0. The number of hydrogen-bond acceptors (Lipinski definition) is 4. The number of pyridine rings is 2. The maximum Gasteiger partial charge on any atom is 0.263 e. The van der Waals surface area contributed by atoms with Crippen LogP contribution in [-0.4, -0.2) is 19.5 Å². The zero-order valence-corrected chi connectivity index (χ0v) is 12.0. The van der Waals surface area contributed by atoms with E-state index in [4.69, 9.17) is 0 Å². The summed E-state index contributed by atoms with van der Waals surface area (Å²) < 4.78 is 1.64. The van der Waals surface area contributed by atoms with Crippen molar-refractivity contribution in [3.05, 3.63) is 64.6 Å². The van der Waals surface area contributed by atoms with E-state index in [2.05, 4.69) is 15.0 Å². The normalized spacial score (nSPS) is 12.5. The summed E-state index contributed by atoms with van der Waals surface area (Å²) in [6.07, 6.45) is 3.97. The summed E-state index contributed by atoms with van der Waals surface area (Å²) in [5.41, 5.74) is 2.22. The Morgan fingerprint density at radius 1 is 1.19 bits per heavy atom. The Morgan fingerprint density at radius 2 is 2.05 bits per heavy atom. The summed E-state index contributed by atoms with van der Waals surface area (Å²) in [5, 5.41) is 0.533. The van der Waals surface area contributed by atoms with Crippen LogP contribution in [-0.2, 0) is 0 Å². The van der Waals surface area contributed by atoms with Gasteiger partial charge in [0, 0.05) is 11.9 Å². The van der Waals surface area contributed by atoms with Gasteiger partial charge in [0.05, 0.1) is 17.1 Å². The summed E-state index contributed by atoms with van der Waals surface area (Å²) in [4.78, 5) is 25.6. The van der Waals surface area contributed by atoms with Crippen LogP contribution in [0.3, 0.4) is 0 Å². The Balaban J connectivity index is 2.18. The average Bonchev–Trinajstić information content (AvgIpc) is 2.51. The highest BCUT2D eigenvalue weighted by Crippen LogP contribution is 2.19. The lowest BCUT2D eigenvalue weighted by atomic mass is 10.1. The zero-order valence-electron chi connectivity index (χ0n) is 12.0. The highest BCUT2D eigenvalue weighted by Gasteiger charge is 2.16. The van der Waals surface area contributed by atoms with Gasteiger partial charge in [0.25, 0.3) is 5.56 Å². The zero-order chi connectivity index (χ0) is 14.8. The Kier molecular flexibility index (Phi) is 3.48. The third-order valence-electron chi connectivity index (χ3n) is 3.53. The highest BCUT2D eigenvalue weighted by molar-refractivity contribution is 5.72. The maximum atomic E-state index is 12.6. The fourth-order valence-electron chi connectivity index (χ4n) is 2.50. The van der Waals surface area contributed by atoms with Crippen molar-refractivity contribution in [3.63, 3.8) is 0 Å². The van der Waals surface area contributed by atoms with Gasteiger partial charge in [0.15, 0.2) is 5.65 Å². The molecule has 0 N–H and O–H groups in total. The van der Waals surface area contributed by atoms with Gasteiger partial charge in [-0.25, -0.2) is 9.97 Å². The van der Waals surface area contributed by atoms with Gasteiger partial charge in [-0.1, -0.05) is 13.0 Å². The molecule has 0 aromatic carbocycles. The molecule has 0 fully saturated rings. The van der Waals surface area contributed by atoms with Crippen molar-refractivity contribution < 1.29 is 0 Å². The summed E-state index contributed by atoms with van der Waals surface area (Å²) in [6.45, 7) is 3.98. The van der Waals surface area contributed by atoms with E-state index >= 15 is 0 Å². The Labute approximate surface area is 122 Å². The SMILES string of the molecule is CC[C@H](c1cccc(C)n1)n1cnc2ncccc2c1=O. The molecule has 0 unspecified atom stereocenters. The Bertz CT molecular complexity index is 841. The number of nitrogens with zero attached hydrogens (tertiary/aromatic N) is 4. The second-order valence-electron chi connectivity index (χ2n) is 4.96. The molecule has 0 aliphatic carbocycles. The van der Waals surface area contributed by atoms with Crippen LogP contribution in [0.15, 0.2) is 47.7 Å². The first-order valence-corrected chi connectivity index (χ1v) is 6.96. The third-order valence-corrected chi connectivity index (χ3v) is 3.53. The molecule has 0 aliphatic rings. The van der Waals surface area contributed by atoms with Gasteiger partial charge in [-0.15, -0.1) is 0 Å². The van der Waals surface area contributed by atoms with E-state index in [1.54, 1.807) is 29.2 Å². The average molecular weight is 280 g/mol. The molecule has 5 nitrogen and oxygen atoms in total. The fraction of sp³-hybridized carbons (Fsp3) is 0.250. The lowest BCUT2D eigenvalue weighted by Crippen LogP contribution is -2.26. The predicted molar refractivity (Wildman–Crippen MR) is 81.2 cm³/mol. The molecule has 3 aromatic rings. The minimum absolute atomic E-state index is 0.0803. The van der Waals surface area contributed by atoms with Crippen molar-refractivity contribution in [2.45, 2.75) is 26.3 Å².